The third-order valence-corrected chi connectivity index (χ3v) is 4.07. The second kappa shape index (κ2) is 7.53. The summed E-state index contributed by atoms with van der Waals surface area (Å²) in [4.78, 5) is 2.07. The number of hydrogen-bond acceptors (Lipinski definition) is 5. The number of halogens is 2. The molecular weight excluding hydrogens is 345 g/mol. The van der Waals surface area contributed by atoms with Crippen molar-refractivity contribution < 1.29 is 13.9 Å². The fourth-order valence-corrected chi connectivity index (χ4v) is 2.74. The van der Waals surface area contributed by atoms with Gasteiger partial charge in [-0.3, -0.25) is 10.4 Å². The molecule has 0 aliphatic carbocycles. The van der Waals surface area contributed by atoms with Crippen molar-refractivity contribution in [1.82, 2.24) is 10.3 Å². The van der Waals surface area contributed by atoms with Crippen molar-refractivity contribution in [3.05, 3.63) is 71.0 Å². The second-order valence-electron chi connectivity index (χ2n) is 5.57. The summed E-state index contributed by atoms with van der Waals surface area (Å²) in [7, 11) is 3.10. The van der Waals surface area contributed by atoms with E-state index in [0.29, 0.717) is 35.6 Å². The van der Waals surface area contributed by atoms with Crippen molar-refractivity contribution in [2.45, 2.75) is 6.54 Å². The number of hydrogen-bond donors (Lipinski definition) is 1. The molecule has 0 fully saturated rings. The molecule has 3 rings (SSSR count). The standard InChI is InChI=1S/C18H19ClFN3O2/c1-24-17-9-15(20)7-8-16(17)23-12-22(11-18(21-23)25-2)10-13-3-5-14(19)6-4-13/h3-9,11,21H,10,12H2,1-2H3. The Morgan fingerprint density at radius 1 is 1.12 bits per heavy atom. The Morgan fingerprint density at radius 3 is 2.56 bits per heavy atom. The highest BCUT2D eigenvalue weighted by molar-refractivity contribution is 6.30. The van der Waals surface area contributed by atoms with Gasteiger partial charge in [-0.2, -0.15) is 0 Å². The summed E-state index contributed by atoms with van der Waals surface area (Å²) in [5, 5.41) is 2.54. The van der Waals surface area contributed by atoms with Gasteiger partial charge in [0.2, 0.25) is 5.88 Å². The smallest absolute Gasteiger partial charge is 0.222 e. The molecular formula is C18H19ClFN3O2. The van der Waals surface area contributed by atoms with Crippen LogP contribution in [0.5, 0.6) is 5.75 Å². The molecule has 0 aromatic heterocycles. The van der Waals surface area contributed by atoms with Crippen LogP contribution in [0.25, 0.3) is 0 Å². The van der Waals surface area contributed by atoms with Crippen LogP contribution in [0.1, 0.15) is 5.56 Å². The third kappa shape index (κ3) is 4.09. The van der Waals surface area contributed by atoms with Crippen molar-refractivity contribution in [2.75, 3.05) is 25.9 Å². The number of rotatable bonds is 5. The molecule has 0 radical (unpaired) electrons. The summed E-state index contributed by atoms with van der Waals surface area (Å²) in [5.74, 6) is 0.668. The van der Waals surface area contributed by atoms with E-state index in [2.05, 4.69) is 10.3 Å². The molecule has 1 N–H and O–H groups in total. The predicted octanol–water partition coefficient (Wildman–Crippen LogP) is 3.72. The maximum absolute atomic E-state index is 13.5. The first-order valence-corrected chi connectivity index (χ1v) is 8.09. The van der Waals surface area contributed by atoms with Gasteiger partial charge in [-0.25, -0.2) is 4.39 Å². The normalized spacial score (nSPS) is 14.0. The maximum atomic E-state index is 13.5. The van der Waals surface area contributed by atoms with Crippen LogP contribution in [0, 0.1) is 5.82 Å². The summed E-state index contributed by atoms with van der Waals surface area (Å²) >= 11 is 5.94. The number of nitrogens with one attached hydrogen (secondary N) is 1. The van der Waals surface area contributed by atoms with E-state index >= 15 is 0 Å². The first-order chi connectivity index (χ1) is 12.1. The number of methoxy groups -OCH3 is 2. The minimum atomic E-state index is -0.349. The van der Waals surface area contributed by atoms with Gasteiger partial charge in [-0.05, 0) is 29.8 Å². The van der Waals surface area contributed by atoms with E-state index < -0.39 is 0 Å². The van der Waals surface area contributed by atoms with Gasteiger partial charge < -0.3 is 14.4 Å². The molecule has 0 amide bonds. The van der Waals surface area contributed by atoms with Crippen molar-refractivity contribution >= 4 is 17.3 Å². The van der Waals surface area contributed by atoms with E-state index in [4.69, 9.17) is 21.1 Å². The summed E-state index contributed by atoms with van der Waals surface area (Å²) in [6, 6.07) is 12.1. The van der Waals surface area contributed by atoms with Gasteiger partial charge in [0.25, 0.3) is 0 Å². The molecule has 25 heavy (non-hydrogen) atoms. The van der Waals surface area contributed by atoms with E-state index in [0.717, 1.165) is 5.56 Å². The molecule has 1 aliphatic rings. The van der Waals surface area contributed by atoms with Crippen LogP contribution in [-0.2, 0) is 11.3 Å². The zero-order valence-corrected chi connectivity index (χ0v) is 14.8. The van der Waals surface area contributed by atoms with Gasteiger partial charge >= 0.3 is 0 Å². The molecule has 7 heteroatoms. The molecule has 2 aromatic carbocycles. The SMILES string of the molecule is COC1=CN(Cc2ccc(Cl)cc2)CN(c2ccc(F)cc2OC)N1. The van der Waals surface area contributed by atoms with Crippen molar-refractivity contribution in [3.8, 4) is 5.75 Å². The average molecular weight is 364 g/mol. The van der Waals surface area contributed by atoms with Crippen LogP contribution in [0.2, 0.25) is 5.02 Å². The van der Waals surface area contributed by atoms with Crippen LogP contribution in [0.4, 0.5) is 10.1 Å². The maximum Gasteiger partial charge on any atom is 0.222 e. The quantitative estimate of drug-likeness (QED) is 0.876. The fourth-order valence-electron chi connectivity index (χ4n) is 2.61. The molecule has 0 saturated heterocycles. The lowest BCUT2D eigenvalue weighted by Gasteiger charge is -2.37. The Labute approximate surface area is 151 Å². The lowest BCUT2D eigenvalue weighted by Crippen LogP contribution is -2.48. The van der Waals surface area contributed by atoms with Crippen LogP contribution >= 0.6 is 11.6 Å². The number of ether oxygens (including phenoxy) is 2. The predicted molar refractivity (Wildman–Crippen MR) is 95.5 cm³/mol. The minimum absolute atomic E-state index is 0.349. The molecule has 132 valence electrons. The highest BCUT2D eigenvalue weighted by atomic mass is 35.5. The van der Waals surface area contributed by atoms with Crippen LogP contribution < -0.4 is 15.2 Å². The Balaban J connectivity index is 1.83. The first kappa shape index (κ1) is 17.2. The first-order valence-electron chi connectivity index (χ1n) is 7.71. The highest BCUT2D eigenvalue weighted by Crippen LogP contribution is 2.30. The van der Waals surface area contributed by atoms with E-state index in [1.165, 1.54) is 19.2 Å². The van der Waals surface area contributed by atoms with Crippen LogP contribution in [0.15, 0.2) is 54.5 Å². The molecule has 1 aliphatic heterocycles. The number of nitrogens with zero attached hydrogens (tertiary/aromatic N) is 2. The fraction of sp³-hybridized carbons (Fsp3) is 0.222. The molecule has 0 spiro atoms. The Morgan fingerprint density at radius 2 is 1.88 bits per heavy atom. The number of anilines is 1. The van der Waals surface area contributed by atoms with Gasteiger partial charge in [0, 0.05) is 17.6 Å². The molecule has 2 aromatic rings. The van der Waals surface area contributed by atoms with Gasteiger partial charge in [0.1, 0.15) is 23.9 Å². The van der Waals surface area contributed by atoms with E-state index in [9.17, 15) is 4.39 Å². The Bertz CT molecular complexity index is 767. The van der Waals surface area contributed by atoms with Crippen molar-refractivity contribution in [3.63, 3.8) is 0 Å². The summed E-state index contributed by atoms with van der Waals surface area (Å²) in [6.45, 7) is 1.20. The molecule has 0 bridgehead atoms. The van der Waals surface area contributed by atoms with E-state index in [1.54, 1.807) is 13.2 Å². The third-order valence-electron chi connectivity index (χ3n) is 3.82. The van der Waals surface area contributed by atoms with Crippen LogP contribution in [0.3, 0.4) is 0 Å². The molecule has 5 nitrogen and oxygen atoms in total. The van der Waals surface area contributed by atoms with Gasteiger partial charge in [-0.1, -0.05) is 23.7 Å². The highest BCUT2D eigenvalue weighted by Gasteiger charge is 2.21. The lowest BCUT2D eigenvalue weighted by atomic mass is 10.2. The van der Waals surface area contributed by atoms with Crippen molar-refractivity contribution in [2.24, 2.45) is 0 Å². The van der Waals surface area contributed by atoms with Crippen LogP contribution in [-0.4, -0.2) is 25.8 Å². The Kier molecular flexibility index (Phi) is 5.19. The molecule has 0 saturated carbocycles. The summed E-state index contributed by atoms with van der Waals surface area (Å²) in [6.07, 6.45) is 1.89. The summed E-state index contributed by atoms with van der Waals surface area (Å²) < 4.78 is 24.1. The molecule has 0 unspecified atom stereocenters. The second-order valence-corrected chi connectivity index (χ2v) is 6.00. The van der Waals surface area contributed by atoms with E-state index in [-0.39, 0.29) is 5.82 Å². The monoisotopic (exact) mass is 363 g/mol. The van der Waals surface area contributed by atoms with E-state index in [1.807, 2.05) is 35.5 Å². The zero-order chi connectivity index (χ0) is 17.8. The minimum Gasteiger partial charge on any atom is -0.494 e. The number of benzene rings is 2. The zero-order valence-electron chi connectivity index (χ0n) is 14.0. The molecule has 0 atom stereocenters. The topological polar surface area (TPSA) is 37.0 Å². The number of hydrazine groups is 1. The Hall–Kier alpha value is -2.60. The lowest BCUT2D eigenvalue weighted by molar-refractivity contribution is 0.207. The van der Waals surface area contributed by atoms with Gasteiger partial charge in [-0.15, -0.1) is 0 Å². The van der Waals surface area contributed by atoms with Gasteiger partial charge in [0.15, 0.2) is 0 Å². The van der Waals surface area contributed by atoms with Gasteiger partial charge in [0.05, 0.1) is 20.4 Å². The molecule has 1 heterocycles. The van der Waals surface area contributed by atoms with Crippen molar-refractivity contribution in [1.29, 1.82) is 0 Å². The largest absolute Gasteiger partial charge is 0.494 e. The average Bonchev–Trinajstić information content (AvgIpc) is 2.63. The summed E-state index contributed by atoms with van der Waals surface area (Å²) in [5.41, 5.74) is 4.98.